The normalized spacial score (nSPS) is 11.9. The fourth-order valence-electron chi connectivity index (χ4n) is 3.77. The molecule has 0 bridgehead atoms. The van der Waals surface area contributed by atoms with Crippen LogP contribution in [0, 0.1) is 0 Å². The predicted molar refractivity (Wildman–Crippen MR) is 153 cm³/mol. The lowest BCUT2D eigenvalue weighted by Crippen LogP contribution is -2.42. The Morgan fingerprint density at radius 2 is 1.76 bits per heavy atom. The fraction of sp³-hybridized carbons (Fsp3) is 0.0741. The average Bonchev–Trinajstić information content (AvgIpc) is 3.29. The van der Waals surface area contributed by atoms with E-state index in [0.717, 1.165) is 16.3 Å². The molecule has 0 aliphatic heterocycles. The summed E-state index contributed by atoms with van der Waals surface area (Å²) in [5.74, 6) is 0.374. The molecule has 0 fully saturated rings. The topological polar surface area (TPSA) is 76.4 Å². The van der Waals surface area contributed by atoms with Crippen LogP contribution in [0.5, 0.6) is 5.75 Å². The first kappa shape index (κ1) is 25.3. The molecule has 0 saturated carbocycles. The number of carbonyl (C=O) groups excluding carboxylic acids is 1. The van der Waals surface area contributed by atoms with Crippen molar-refractivity contribution < 1.29 is 13.9 Å². The van der Waals surface area contributed by atoms with Crippen LogP contribution in [-0.4, -0.2) is 22.1 Å². The van der Waals surface area contributed by atoms with Gasteiger partial charge in [0.1, 0.15) is 11.3 Å². The Hall–Kier alpha value is -3.36. The number of hydrogen-bond donors (Lipinski definition) is 2. The predicted octanol–water partition coefficient (Wildman–Crippen LogP) is 7.89. The molecular formula is C27H18Cl3N3O3S. The first-order valence-corrected chi connectivity index (χ1v) is 12.6. The highest BCUT2D eigenvalue weighted by Gasteiger charge is 2.18. The van der Waals surface area contributed by atoms with Crippen molar-refractivity contribution in [1.29, 1.82) is 0 Å². The molecule has 1 atom stereocenters. The maximum absolute atomic E-state index is 12.6. The highest BCUT2D eigenvalue weighted by atomic mass is 35.5. The molecule has 5 aromatic rings. The lowest BCUT2D eigenvalue weighted by Gasteiger charge is -2.16. The summed E-state index contributed by atoms with van der Waals surface area (Å²) in [6, 6.07) is 21.6. The van der Waals surface area contributed by atoms with Gasteiger partial charge >= 0.3 is 0 Å². The summed E-state index contributed by atoms with van der Waals surface area (Å²) in [7, 11) is 0. The molecule has 5 rings (SSSR count). The van der Waals surface area contributed by atoms with Crippen LogP contribution in [0.4, 0.5) is 5.69 Å². The molecule has 10 heteroatoms. The van der Waals surface area contributed by atoms with Gasteiger partial charge in [-0.05, 0) is 73.1 Å². The van der Waals surface area contributed by atoms with E-state index in [-0.39, 0.29) is 5.11 Å². The average molecular weight is 571 g/mol. The Bertz CT molecular complexity index is 1670. The summed E-state index contributed by atoms with van der Waals surface area (Å²) in [4.78, 5) is 17.2. The lowest BCUT2D eigenvalue weighted by molar-refractivity contribution is -0.125. The minimum absolute atomic E-state index is 0.106. The number of thiocarbonyl (C=S) groups is 1. The highest BCUT2D eigenvalue weighted by Crippen LogP contribution is 2.34. The van der Waals surface area contributed by atoms with E-state index in [0.29, 0.717) is 43.5 Å². The molecule has 1 aromatic heterocycles. The maximum atomic E-state index is 12.6. The molecule has 1 unspecified atom stereocenters. The van der Waals surface area contributed by atoms with Gasteiger partial charge in [0.2, 0.25) is 5.89 Å². The Kier molecular flexibility index (Phi) is 7.22. The van der Waals surface area contributed by atoms with Gasteiger partial charge in [-0.25, -0.2) is 4.98 Å². The van der Waals surface area contributed by atoms with Gasteiger partial charge in [0, 0.05) is 26.7 Å². The molecule has 186 valence electrons. The van der Waals surface area contributed by atoms with E-state index in [1.807, 2.05) is 36.4 Å². The molecule has 2 N–H and O–H groups in total. The van der Waals surface area contributed by atoms with Gasteiger partial charge in [-0.3, -0.25) is 10.1 Å². The number of aromatic nitrogens is 1. The lowest BCUT2D eigenvalue weighted by atomic mass is 10.0. The fourth-order valence-corrected chi connectivity index (χ4v) is 4.68. The number of halogens is 3. The van der Waals surface area contributed by atoms with Gasteiger partial charge < -0.3 is 14.5 Å². The number of nitrogens with one attached hydrogen (secondary N) is 2. The smallest absolute Gasteiger partial charge is 0.266 e. The first-order chi connectivity index (χ1) is 17.8. The zero-order valence-corrected chi connectivity index (χ0v) is 22.3. The molecule has 1 amide bonds. The molecule has 0 saturated heterocycles. The van der Waals surface area contributed by atoms with E-state index in [4.69, 9.17) is 56.2 Å². The van der Waals surface area contributed by atoms with Gasteiger partial charge in [0.25, 0.3) is 5.91 Å². The minimum atomic E-state index is -0.854. The van der Waals surface area contributed by atoms with Crippen molar-refractivity contribution in [1.82, 2.24) is 10.3 Å². The van der Waals surface area contributed by atoms with E-state index in [9.17, 15) is 4.79 Å². The summed E-state index contributed by atoms with van der Waals surface area (Å²) >= 11 is 23.7. The van der Waals surface area contributed by atoms with E-state index < -0.39 is 12.0 Å². The third-order valence-electron chi connectivity index (χ3n) is 5.55. The highest BCUT2D eigenvalue weighted by molar-refractivity contribution is 7.80. The van der Waals surface area contributed by atoms with Gasteiger partial charge in [0.15, 0.2) is 16.8 Å². The van der Waals surface area contributed by atoms with E-state index in [2.05, 4.69) is 15.6 Å². The molecule has 1 heterocycles. The minimum Gasteiger partial charge on any atom is -0.479 e. The Morgan fingerprint density at radius 3 is 2.57 bits per heavy atom. The molecule has 0 radical (unpaired) electrons. The van der Waals surface area contributed by atoms with Crippen LogP contribution in [0.25, 0.3) is 33.3 Å². The van der Waals surface area contributed by atoms with Crippen LogP contribution in [0.1, 0.15) is 6.92 Å². The van der Waals surface area contributed by atoms with Crippen LogP contribution in [-0.2, 0) is 4.79 Å². The van der Waals surface area contributed by atoms with Crippen molar-refractivity contribution in [3.05, 3.63) is 87.9 Å². The van der Waals surface area contributed by atoms with Crippen molar-refractivity contribution >= 4 is 85.6 Å². The van der Waals surface area contributed by atoms with Gasteiger partial charge in [0.05, 0.1) is 5.02 Å². The van der Waals surface area contributed by atoms with E-state index in [1.165, 1.54) is 6.07 Å². The number of anilines is 1. The number of nitrogens with zero attached hydrogens (tertiary/aromatic N) is 1. The second-order valence-corrected chi connectivity index (χ2v) is 9.78. The van der Waals surface area contributed by atoms with Crippen molar-refractivity contribution in [3.8, 4) is 17.2 Å². The summed E-state index contributed by atoms with van der Waals surface area (Å²) < 4.78 is 11.6. The van der Waals surface area contributed by atoms with Crippen molar-refractivity contribution in [2.24, 2.45) is 0 Å². The second kappa shape index (κ2) is 10.6. The van der Waals surface area contributed by atoms with E-state index in [1.54, 1.807) is 37.3 Å². The number of fused-ring (bicyclic) bond motifs is 2. The Morgan fingerprint density at radius 1 is 0.973 bits per heavy atom. The first-order valence-electron chi connectivity index (χ1n) is 11.1. The zero-order chi connectivity index (χ0) is 26.1. The maximum Gasteiger partial charge on any atom is 0.266 e. The Labute approximate surface area is 232 Å². The molecule has 0 spiro atoms. The van der Waals surface area contributed by atoms with Gasteiger partial charge in [-0.2, -0.15) is 0 Å². The summed E-state index contributed by atoms with van der Waals surface area (Å²) in [6.07, 6.45) is -0.854. The summed E-state index contributed by atoms with van der Waals surface area (Å²) in [6.45, 7) is 1.59. The number of rotatable bonds is 5. The molecule has 0 aliphatic rings. The van der Waals surface area contributed by atoms with Crippen molar-refractivity contribution in [3.63, 3.8) is 0 Å². The number of hydrogen-bond acceptors (Lipinski definition) is 5. The third-order valence-corrected chi connectivity index (χ3v) is 6.61. The van der Waals surface area contributed by atoms with Crippen LogP contribution >= 0.6 is 47.0 Å². The number of benzene rings is 4. The quantitative estimate of drug-likeness (QED) is 0.209. The van der Waals surface area contributed by atoms with E-state index >= 15 is 0 Å². The standard InChI is InChI=1S/C27H18Cl3N3O3S/c1-14(35-23-10-8-15(28)12-21(23)30)25(34)33-27(37)31-16-9-11-24-22(13-16)32-26(36-24)19-6-2-5-18-17(19)4-3-7-20(18)29/h2-14H,1H3,(H2,31,33,34,37). The number of carbonyl (C=O) groups is 1. The third kappa shape index (κ3) is 5.50. The van der Waals surface area contributed by atoms with Crippen molar-refractivity contribution in [2.45, 2.75) is 13.0 Å². The summed E-state index contributed by atoms with van der Waals surface area (Å²) in [5.41, 5.74) is 2.70. The number of ether oxygens (including phenoxy) is 1. The SMILES string of the molecule is CC(Oc1ccc(Cl)cc1Cl)C(=O)NC(=S)Nc1ccc2oc(-c3cccc4c(Cl)cccc34)nc2c1. The van der Waals surface area contributed by atoms with Crippen LogP contribution in [0.2, 0.25) is 15.1 Å². The molecule has 37 heavy (non-hydrogen) atoms. The molecule has 0 aliphatic carbocycles. The molecule has 6 nitrogen and oxygen atoms in total. The van der Waals surface area contributed by atoms with Gasteiger partial charge in [-0.15, -0.1) is 0 Å². The largest absolute Gasteiger partial charge is 0.479 e. The number of amides is 1. The molecule has 4 aromatic carbocycles. The summed E-state index contributed by atoms with van der Waals surface area (Å²) in [5, 5.41) is 9.01. The van der Waals surface area contributed by atoms with Gasteiger partial charge in [-0.1, -0.05) is 59.1 Å². The monoisotopic (exact) mass is 569 g/mol. The number of oxazole rings is 1. The zero-order valence-electron chi connectivity index (χ0n) is 19.2. The van der Waals surface area contributed by atoms with Crippen LogP contribution < -0.4 is 15.4 Å². The van der Waals surface area contributed by atoms with Crippen LogP contribution in [0.3, 0.4) is 0 Å². The molecular weight excluding hydrogens is 553 g/mol. The van der Waals surface area contributed by atoms with Crippen molar-refractivity contribution in [2.75, 3.05) is 5.32 Å². The second-order valence-electron chi connectivity index (χ2n) is 8.12. The Balaban J connectivity index is 1.29. The van der Waals surface area contributed by atoms with Crippen LogP contribution in [0.15, 0.2) is 77.2 Å².